The number of nitrogens with two attached hydrogens (primary N) is 1. The lowest BCUT2D eigenvalue weighted by Crippen LogP contribution is -2.41. The van der Waals surface area contributed by atoms with E-state index in [0.717, 1.165) is 24.8 Å². The van der Waals surface area contributed by atoms with Crippen molar-refractivity contribution in [2.75, 3.05) is 0 Å². The number of hydrogen-bond acceptors (Lipinski definition) is 2. The molecule has 2 heteroatoms. The highest BCUT2D eigenvalue weighted by Gasteiger charge is 2.42. The van der Waals surface area contributed by atoms with Gasteiger partial charge in [0.1, 0.15) is 5.78 Å². The molecular formula is C15H21NO. The van der Waals surface area contributed by atoms with Crippen molar-refractivity contribution < 1.29 is 4.79 Å². The van der Waals surface area contributed by atoms with E-state index in [2.05, 4.69) is 19.1 Å². The summed E-state index contributed by atoms with van der Waals surface area (Å²) in [6, 6.07) is 8.23. The fraction of sp³-hybridized carbons (Fsp3) is 0.533. The Morgan fingerprint density at radius 1 is 1.41 bits per heavy atom. The number of Topliss-reactive ketones (excluding diaryl/α,β-unsaturated/α-hetero) is 1. The molecule has 2 N–H and O–H groups in total. The van der Waals surface area contributed by atoms with Crippen LogP contribution in [0.3, 0.4) is 0 Å². The molecule has 0 aliphatic heterocycles. The van der Waals surface area contributed by atoms with Gasteiger partial charge in [-0.05, 0) is 25.3 Å². The normalized spacial score (nSPS) is 28.3. The first-order valence-corrected chi connectivity index (χ1v) is 6.37. The van der Waals surface area contributed by atoms with E-state index in [1.807, 2.05) is 19.1 Å². The molecule has 2 nitrogen and oxygen atoms in total. The summed E-state index contributed by atoms with van der Waals surface area (Å²) in [6.45, 7) is 4.08. The van der Waals surface area contributed by atoms with Crippen molar-refractivity contribution in [2.24, 2.45) is 11.1 Å². The van der Waals surface area contributed by atoms with E-state index < -0.39 is 0 Å². The Hall–Kier alpha value is -1.15. The zero-order valence-corrected chi connectivity index (χ0v) is 10.7. The van der Waals surface area contributed by atoms with Gasteiger partial charge in [0.05, 0.1) is 0 Å². The largest absolute Gasteiger partial charge is 0.327 e. The minimum Gasteiger partial charge on any atom is -0.327 e. The minimum absolute atomic E-state index is 0.0421. The van der Waals surface area contributed by atoms with Gasteiger partial charge in [-0.1, -0.05) is 43.2 Å². The third kappa shape index (κ3) is 2.42. The highest BCUT2D eigenvalue weighted by Crippen LogP contribution is 2.38. The van der Waals surface area contributed by atoms with Crippen LogP contribution in [0.5, 0.6) is 0 Å². The molecule has 1 aliphatic rings. The first-order valence-electron chi connectivity index (χ1n) is 6.37. The summed E-state index contributed by atoms with van der Waals surface area (Å²) >= 11 is 0. The molecule has 1 aliphatic carbocycles. The quantitative estimate of drug-likeness (QED) is 0.869. The average Bonchev–Trinajstić information content (AvgIpc) is 2.64. The third-order valence-electron chi connectivity index (χ3n) is 4.15. The summed E-state index contributed by atoms with van der Waals surface area (Å²) in [6.07, 6.45) is 3.52. The molecule has 2 atom stereocenters. The molecule has 2 rings (SSSR count). The maximum absolute atomic E-state index is 12.4. The Morgan fingerprint density at radius 2 is 2.06 bits per heavy atom. The lowest BCUT2D eigenvalue weighted by Gasteiger charge is -2.27. The summed E-state index contributed by atoms with van der Waals surface area (Å²) in [5, 5.41) is 0. The molecular weight excluding hydrogens is 210 g/mol. The van der Waals surface area contributed by atoms with Crippen LogP contribution in [0.4, 0.5) is 0 Å². The number of carbonyl (C=O) groups excluding carboxylic acids is 1. The van der Waals surface area contributed by atoms with Crippen molar-refractivity contribution in [2.45, 2.75) is 45.6 Å². The van der Waals surface area contributed by atoms with Crippen LogP contribution in [-0.4, -0.2) is 11.8 Å². The zero-order valence-electron chi connectivity index (χ0n) is 10.7. The first kappa shape index (κ1) is 12.3. The molecule has 1 fully saturated rings. The van der Waals surface area contributed by atoms with E-state index in [9.17, 15) is 4.79 Å². The minimum atomic E-state index is -0.301. The molecule has 17 heavy (non-hydrogen) atoms. The molecule has 0 bridgehead atoms. The number of rotatable bonds is 3. The molecule has 0 spiro atoms. The summed E-state index contributed by atoms with van der Waals surface area (Å²) in [7, 11) is 0. The molecule has 1 aromatic carbocycles. The smallest absolute Gasteiger partial charge is 0.144 e. The lowest BCUT2D eigenvalue weighted by atomic mass is 9.78. The molecule has 92 valence electrons. The zero-order chi connectivity index (χ0) is 12.5. The second-order valence-corrected chi connectivity index (χ2v) is 5.50. The van der Waals surface area contributed by atoms with Gasteiger partial charge in [0, 0.05) is 17.9 Å². The number of carbonyl (C=O) groups is 1. The van der Waals surface area contributed by atoms with Crippen LogP contribution in [0.25, 0.3) is 0 Å². The SMILES string of the molecule is Cc1ccc(CC(=O)C2(C)CCCC2N)cc1. The van der Waals surface area contributed by atoms with Crippen molar-refractivity contribution in [3.63, 3.8) is 0 Å². The Labute approximate surface area is 103 Å². The van der Waals surface area contributed by atoms with Gasteiger partial charge in [-0.2, -0.15) is 0 Å². The molecule has 1 saturated carbocycles. The van der Waals surface area contributed by atoms with Gasteiger partial charge in [0.2, 0.25) is 0 Å². The van der Waals surface area contributed by atoms with Crippen molar-refractivity contribution in [1.82, 2.24) is 0 Å². The topological polar surface area (TPSA) is 43.1 Å². The van der Waals surface area contributed by atoms with Crippen LogP contribution >= 0.6 is 0 Å². The molecule has 0 saturated heterocycles. The van der Waals surface area contributed by atoms with E-state index in [1.165, 1.54) is 5.56 Å². The van der Waals surface area contributed by atoms with E-state index in [0.29, 0.717) is 12.2 Å². The van der Waals surface area contributed by atoms with E-state index in [1.54, 1.807) is 0 Å². The van der Waals surface area contributed by atoms with Gasteiger partial charge in [-0.3, -0.25) is 4.79 Å². The Kier molecular flexibility index (Phi) is 3.34. The predicted octanol–water partition coefficient (Wildman–Crippen LogP) is 2.62. The maximum Gasteiger partial charge on any atom is 0.144 e. The van der Waals surface area contributed by atoms with Crippen LogP contribution in [-0.2, 0) is 11.2 Å². The van der Waals surface area contributed by atoms with E-state index in [-0.39, 0.29) is 11.5 Å². The van der Waals surface area contributed by atoms with Gasteiger partial charge in [-0.25, -0.2) is 0 Å². The van der Waals surface area contributed by atoms with Gasteiger partial charge in [0.15, 0.2) is 0 Å². The molecule has 2 unspecified atom stereocenters. The van der Waals surface area contributed by atoms with Gasteiger partial charge >= 0.3 is 0 Å². The fourth-order valence-electron chi connectivity index (χ4n) is 2.63. The second-order valence-electron chi connectivity index (χ2n) is 5.50. The standard InChI is InChI=1S/C15H21NO/c1-11-5-7-12(8-6-11)10-14(17)15(2)9-3-4-13(15)16/h5-8,13H,3-4,9-10,16H2,1-2H3. The average molecular weight is 231 g/mol. The van der Waals surface area contributed by atoms with Gasteiger partial charge in [0.25, 0.3) is 0 Å². The van der Waals surface area contributed by atoms with Crippen LogP contribution < -0.4 is 5.73 Å². The molecule has 0 heterocycles. The van der Waals surface area contributed by atoms with Crippen LogP contribution in [0.2, 0.25) is 0 Å². The summed E-state index contributed by atoms with van der Waals surface area (Å²) in [5.74, 6) is 0.298. The number of hydrogen-bond donors (Lipinski definition) is 1. The molecule has 0 aromatic heterocycles. The van der Waals surface area contributed by atoms with Crippen molar-refractivity contribution >= 4 is 5.78 Å². The van der Waals surface area contributed by atoms with Crippen LogP contribution in [0.1, 0.15) is 37.3 Å². The Morgan fingerprint density at radius 3 is 2.59 bits per heavy atom. The Bertz CT molecular complexity index is 409. The number of benzene rings is 1. The summed E-state index contributed by atoms with van der Waals surface area (Å²) in [5.41, 5.74) is 8.10. The summed E-state index contributed by atoms with van der Waals surface area (Å²) in [4.78, 5) is 12.4. The first-order chi connectivity index (χ1) is 8.02. The predicted molar refractivity (Wildman–Crippen MR) is 69.8 cm³/mol. The number of aryl methyl sites for hydroxylation is 1. The maximum atomic E-state index is 12.4. The Balaban J connectivity index is 2.09. The third-order valence-corrected chi connectivity index (χ3v) is 4.15. The van der Waals surface area contributed by atoms with E-state index in [4.69, 9.17) is 5.73 Å². The molecule has 0 radical (unpaired) electrons. The molecule has 1 aromatic rings. The van der Waals surface area contributed by atoms with Crippen LogP contribution in [0, 0.1) is 12.3 Å². The lowest BCUT2D eigenvalue weighted by molar-refractivity contribution is -0.127. The highest BCUT2D eigenvalue weighted by molar-refractivity contribution is 5.87. The van der Waals surface area contributed by atoms with Crippen molar-refractivity contribution in [1.29, 1.82) is 0 Å². The van der Waals surface area contributed by atoms with Crippen molar-refractivity contribution in [3.8, 4) is 0 Å². The van der Waals surface area contributed by atoms with Gasteiger partial charge < -0.3 is 5.73 Å². The van der Waals surface area contributed by atoms with E-state index >= 15 is 0 Å². The fourth-order valence-corrected chi connectivity index (χ4v) is 2.63. The highest BCUT2D eigenvalue weighted by atomic mass is 16.1. The number of ketones is 1. The second kappa shape index (κ2) is 4.61. The van der Waals surface area contributed by atoms with Gasteiger partial charge in [-0.15, -0.1) is 0 Å². The summed E-state index contributed by atoms with van der Waals surface area (Å²) < 4.78 is 0. The monoisotopic (exact) mass is 231 g/mol. The van der Waals surface area contributed by atoms with Crippen LogP contribution in [0.15, 0.2) is 24.3 Å². The molecule has 0 amide bonds. The van der Waals surface area contributed by atoms with Crippen molar-refractivity contribution in [3.05, 3.63) is 35.4 Å².